The van der Waals surface area contributed by atoms with Crippen molar-refractivity contribution in [1.82, 2.24) is 10.2 Å². The Bertz CT molecular complexity index is 813. The summed E-state index contributed by atoms with van der Waals surface area (Å²) < 4.78 is 11.1. The normalized spacial score (nSPS) is 12.1. The lowest BCUT2D eigenvalue weighted by Gasteiger charge is -1.91. The van der Waals surface area contributed by atoms with Crippen molar-refractivity contribution in [2.75, 3.05) is 0 Å². The van der Waals surface area contributed by atoms with Gasteiger partial charge < -0.3 is 8.83 Å². The molecule has 0 aliphatic rings. The third-order valence-corrected chi connectivity index (χ3v) is 4.15. The van der Waals surface area contributed by atoms with Crippen molar-refractivity contribution in [2.45, 2.75) is 20.8 Å². The molecule has 0 N–H and O–H groups in total. The molecule has 6 heteroatoms. The molecule has 0 unspecified atom stereocenters. The lowest BCUT2D eigenvalue weighted by atomic mass is 10.2. The summed E-state index contributed by atoms with van der Waals surface area (Å²) in [6.45, 7) is 5.78. The molecule has 0 atom stereocenters. The van der Waals surface area contributed by atoms with E-state index < -0.39 is 0 Å². The molecule has 0 amide bonds. The zero-order valence-corrected chi connectivity index (χ0v) is 13.4. The maximum Gasteiger partial charge on any atom is 0.259 e. The third kappa shape index (κ3) is 2.94. The summed E-state index contributed by atoms with van der Waals surface area (Å²) in [6.07, 6.45) is 1.82. The maximum absolute atomic E-state index is 6.24. The smallest absolute Gasteiger partial charge is 0.259 e. The standard InChI is InChI=1S/C15H13ClN2O2S/c1-8-6-12(10(3)19-8)14-17-18-15(20-14)13(16)7-11-5-4-9(2)21-11/h4-7H,1-3H3/b13-7-. The summed E-state index contributed by atoms with van der Waals surface area (Å²) in [4.78, 5) is 2.27. The number of hydrogen-bond donors (Lipinski definition) is 0. The quantitative estimate of drug-likeness (QED) is 0.677. The largest absolute Gasteiger partial charge is 0.466 e. The highest BCUT2D eigenvalue weighted by Gasteiger charge is 2.16. The van der Waals surface area contributed by atoms with Crippen LogP contribution in [0.4, 0.5) is 0 Å². The average molecular weight is 321 g/mol. The van der Waals surface area contributed by atoms with Crippen LogP contribution in [-0.4, -0.2) is 10.2 Å². The molecule has 108 valence electrons. The number of rotatable bonds is 3. The Kier molecular flexibility index (Phi) is 3.69. The van der Waals surface area contributed by atoms with Crippen LogP contribution in [0.15, 0.2) is 27.0 Å². The molecule has 0 saturated carbocycles. The molecule has 0 radical (unpaired) electrons. The zero-order chi connectivity index (χ0) is 15.0. The number of thiophene rings is 1. The van der Waals surface area contributed by atoms with Gasteiger partial charge in [0.1, 0.15) is 16.6 Å². The Morgan fingerprint density at radius 3 is 2.62 bits per heavy atom. The molecule has 4 nitrogen and oxygen atoms in total. The highest BCUT2D eigenvalue weighted by molar-refractivity contribution is 7.12. The number of hydrogen-bond acceptors (Lipinski definition) is 5. The van der Waals surface area contributed by atoms with Crippen molar-refractivity contribution in [3.8, 4) is 11.5 Å². The molecule has 3 heterocycles. The second-order valence-electron chi connectivity index (χ2n) is 4.68. The number of aryl methyl sites for hydroxylation is 3. The van der Waals surface area contributed by atoms with Crippen molar-refractivity contribution in [2.24, 2.45) is 0 Å². The van der Waals surface area contributed by atoms with Crippen LogP contribution in [0.1, 0.15) is 27.2 Å². The van der Waals surface area contributed by atoms with Crippen LogP contribution in [0, 0.1) is 20.8 Å². The Morgan fingerprint density at radius 1 is 1.19 bits per heavy atom. The van der Waals surface area contributed by atoms with Crippen LogP contribution < -0.4 is 0 Å². The van der Waals surface area contributed by atoms with Gasteiger partial charge in [-0.05, 0) is 45.0 Å². The van der Waals surface area contributed by atoms with Gasteiger partial charge in [-0.2, -0.15) is 0 Å². The van der Waals surface area contributed by atoms with Crippen LogP contribution in [0.5, 0.6) is 0 Å². The molecule has 3 aromatic heterocycles. The van der Waals surface area contributed by atoms with E-state index in [0.29, 0.717) is 16.8 Å². The lowest BCUT2D eigenvalue weighted by Crippen LogP contribution is -1.76. The highest BCUT2D eigenvalue weighted by atomic mass is 35.5. The van der Waals surface area contributed by atoms with Crippen molar-refractivity contribution < 1.29 is 8.83 Å². The minimum absolute atomic E-state index is 0.302. The predicted octanol–water partition coefficient (Wildman–Crippen LogP) is 5.05. The summed E-state index contributed by atoms with van der Waals surface area (Å²) in [5, 5.41) is 8.45. The van der Waals surface area contributed by atoms with Crippen LogP contribution >= 0.6 is 22.9 Å². The second kappa shape index (κ2) is 5.50. The molecule has 0 aliphatic carbocycles. The Hall–Kier alpha value is -1.85. The highest BCUT2D eigenvalue weighted by Crippen LogP contribution is 2.29. The fourth-order valence-corrected chi connectivity index (χ4v) is 3.07. The van der Waals surface area contributed by atoms with Crippen molar-refractivity contribution >= 4 is 34.0 Å². The van der Waals surface area contributed by atoms with Gasteiger partial charge in [0.05, 0.1) is 5.56 Å². The first kappa shape index (κ1) is 14.1. The third-order valence-electron chi connectivity index (χ3n) is 2.93. The van der Waals surface area contributed by atoms with Gasteiger partial charge in [-0.1, -0.05) is 11.6 Å². The van der Waals surface area contributed by atoms with Crippen LogP contribution in [0.3, 0.4) is 0 Å². The van der Waals surface area contributed by atoms with Crippen molar-refractivity contribution in [1.29, 1.82) is 0 Å². The molecule has 21 heavy (non-hydrogen) atoms. The van der Waals surface area contributed by atoms with E-state index in [1.54, 1.807) is 11.3 Å². The van der Waals surface area contributed by atoms with Gasteiger partial charge in [0.2, 0.25) is 0 Å². The fourth-order valence-electron chi connectivity index (χ4n) is 1.99. The summed E-state index contributed by atoms with van der Waals surface area (Å²) in [5.74, 6) is 2.26. The minimum atomic E-state index is 0.302. The van der Waals surface area contributed by atoms with Crippen molar-refractivity contribution in [3.63, 3.8) is 0 Å². The van der Waals surface area contributed by atoms with E-state index in [1.807, 2.05) is 45.0 Å². The van der Waals surface area contributed by atoms with Gasteiger partial charge in [-0.25, -0.2) is 0 Å². The number of aromatic nitrogens is 2. The van der Waals surface area contributed by atoms with E-state index in [4.69, 9.17) is 20.4 Å². The molecule has 0 fully saturated rings. The summed E-state index contributed by atoms with van der Waals surface area (Å²) in [7, 11) is 0. The maximum atomic E-state index is 6.24. The van der Waals surface area contributed by atoms with E-state index in [0.717, 1.165) is 22.0 Å². The molecule has 0 aromatic carbocycles. The van der Waals surface area contributed by atoms with Crippen LogP contribution in [0.25, 0.3) is 22.6 Å². The van der Waals surface area contributed by atoms with Crippen LogP contribution in [-0.2, 0) is 0 Å². The van der Waals surface area contributed by atoms with Gasteiger partial charge >= 0.3 is 0 Å². The molecule has 0 saturated heterocycles. The van der Waals surface area contributed by atoms with Crippen LogP contribution in [0.2, 0.25) is 0 Å². The monoisotopic (exact) mass is 320 g/mol. The summed E-state index contributed by atoms with van der Waals surface area (Å²) in [6, 6.07) is 5.91. The van der Waals surface area contributed by atoms with Crippen molar-refractivity contribution in [3.05, 3.63) is 45.4 Å². The molecule has 3 aromatic rings. The number of furan rings is 1. The molecular formula is C15H13ClN2O2S. The average Bonchev–Trinajstić information content (AvgIpc) is 3.10. The van der Waals surface area contributed by atoms with Gasteiger partial charge in [0.15, 0.2) is 0 Å². The molecular weight excluding hydrogens is 308 g/mol. The Morgan fingerprint density at radius 2 is 2.00 bits per heavy atom. The molecule has 0 aliphatic heterocycles. The van der Waals surface area contributed by atoms with E-state index in [-0.39, 0.29) is 0 Å². The summed E-state index contributed by atoms with van der Waals surface area (Å²) >= 11 is 7.90. The first-order chi connectivity index (χ1) is 10.0. The Labute approximate surface area is 131 Å². The van der Waals surface area contributed by atoms with E-state index in [9.17, 15) is 0 Å². The molecule has 3 rings (SSSR count). The molecule has 0 bridgehead atoms. The zero-order valence-electron chi connectivity index (χ0n) is 11.8. The second-order valence-corrected chi connectivity index (χ2v) is 6.41. The predicted molar refractivity (Wildman–Crippen MR) is 84.3 cm³/mol. The lowest BCUT2D eigenvalue weighted by molar-refractivity contribution is 0.502. The topological polar surface area (TPSA) is 52.1 Å². The van der Waals surface area contributed by atoms with E-state index >= 15 is 0 Å². The van der Waals surface area contributed by atoms with E-state index in [1.165, 1.54) is 4.88 Å². The van der Waals surface area contributed by atoms with Gasteiger partial charge in [-0.3, -0.25) is 0 Å². The number of halogens is 1. The van der Waals surface area contributed by atoms with Gasteiger partial charge in [0.25, 0.3) is 11.8 Å². The Balaban J connectivity index is 1.91. The fraction of sp³-hybridized carbons (Fsp3) is 0.200. The SMILES string of the molecule is Cc1cc(-c2nnc(/C(Cl)=C/c3ccc(C)s3)o2)c(C)o1. The number of nitrogens with zero attached hydrogens (tertiary/aromatic N) is 2. The molecule has 0 spiro atoms. The summed E-state index contributed by atoms with van der Waals surface area (Å²) in [5.41, 5.74) is 0.794. The first-order valence-corrected chi connectivity index (χ1v) is 7.57. The van der Waals surface area contributed by atoms with Gasteiger partial charge in [-0.15, -0.1) is 21.5 Å². The first-order valence-electron chi connectivity index (χ1n) is 6.38. The van der Waals surface area contributed by atoms with E-state index in [2.05, 4.69) is 10.2 Å². The minimum Gasteiger partial charge on any atom is -0.466 e. The van der Waals surface area contributed by atoms with Gasteiger partial charge in [0, 0.05) is 9.75 Å².